The van der Waals surface area contributed by atoms with Crippen LogP contribution in [0.4, 0.5) is 34.5 Å². The number of aliphatic carboxylic acids is 1. The van der Waals surface area contributed by atoms with E-state index in [9.17, 15) is 14.4 Å². The first kappa shape index (κ1) is 50.7. The second-order valence-corrected chi connectivity index (χ2v) is 19.4. The highest BCUT2D eigenvalue weighted by atomic mass is 16.4. The predicted octanol–water partition coefficient (Wildman–Crippen LogP) is 6.21. The fourth-order valence-corrected chi connectivity index (χ4v) is 11.0. The summed E-state index contributed by atoms with van der Waals surface area (Å²) in [5, 5.41) is 34.8. The number of carboxylic acids is 1. The highest BCUT2D eigenvalue weighted by Gasteiger charge is 2.34. The number of para-hydroxylation sites is 3. The number of hydrogen-bond donors (Lipinski definition) is 8. The van der Waals surface area contributed by atoms with Gasteiger partial charge in [-0.15, -0.1) is 5.10 Å². The maximum absolute atomic E-state index is 13.2. The summed E-state index contributed by atoms with van der Waals surface area (Å²) < 4.78 is 3.04. The highest BCUT2D eigenvalue weighted by molar-refractivity contribution is 5.90. The van der Waals surface area contributed by atoms with Gasteiger partial charge in [0.1, 0.15) is 17.5 Å². The Morgan fingerprint density at radius 2 is 1.04 bits per heavy atom. The second kappa shape index (κ2) is 22.7. The number of likely N-dealkylation sites (N-methyl/N-ethyl adjacent to an activating group) is 3. The molecule has 3 atom stereocenters. The molecule has 9 heterocycles. The number of carbonyl (C=O) groups is 3. The van der Waals surface area contributed by atoms with Crippen molar-refractivity contribution in [2.45, 2.75) is 96.7 Å². The van der Waals surface area contributed by atoms with E-state index >= 15 is 0 Å². The summed E-state index contributed by atoms with van der Waals surface area (Å²) in [5.74, 6) is 0.329. The molecular formula is C54H71N15O4. The van der Waals surface area contributed by atoms with Crippen LogP contribution in [0, 0.1) is 0 Å². The van der Waals surface area contributed by atoms with Gasteiger partial charge in [-0.3, -0.25) is 34.2 Å². The third-order valence-electron chi connectivity index (χ3n) is 15.3. The number of nitrogen functional groups attached to an aromatic ring is 3. The molecule has 0 saturated carbocycles. The van der Waals surface area contributed by atoms with Crippen LogP contribution >= 0.6 is 0 Å². The van der Waals surface area contributed by atoms with Crippen LogP contribution in [0.25, 0.3) is 0 Å². The van der Waals surface area contributed by atoms with Gasteiger partial charge >= 0.3 is 5.97 Å². The molecular weight excluding hydrogens is 923 g/mol. The number of anilines is 6. The Morgan fingerprint density at radius 3 is 1.59 bits per heavy atom. The molecule has 0 bridgehead atoms. The molecule has 0 aliphatic carbocycles. The number of nitrogens with zero attached hydrogens (tertiary/aromatic N) is 8. The number of fused-ring (bicyclic) bond motifs is 6. The summed E-state index contributed by atoms with van der Waals surface area (Å²) in [6, 6.07) is 23.6. The lowest BCUT2D eigenvalue weighted by Gasteiger charge is -2.28. The van der Waals surface area contributed by atoms with Crippen LogP contribution in [-0.4, -0.2) is 126 Å². The molecule has 3 aromatic heterocycles. The molecule has 0 radical (unpaired) electrons. The Bertz CT molecular complexity index is 2920. The van der Waals surface area contributed by atoms with Crippen LogP contribution in [0.2, 0.25) is 0 Å². The number of carbonyl (C=O) groups excluding carboxylic acids is 2. The fraction of sp³-hybridized carbons (Fsp3) is 0.444. The van der Waals surface area contributed by atoms with Crippen molar-refractivity contribution in [2.75, 3.05) is 92.1 Å². The molecule has 19 nitrogen and oxygen atoms in total. The van der Waals surface area contributed by atoms with Gasteiger partial charge in [0.2, 0.25) is 0 Å². The van der Waals surface area contributed by atoms with Crippen molar-refractivity contribution >= 4 is 52.3 Å². The molecule has 0 saturated heterocycles. The van der Waals surface area contributed by atoms with Crippen molar-refractivity contribution in [3.05, 3.63) is 123 Å². The van der Waals surface area contributed by atoms with Crippen molar-refractivity contribution in [3.63, 3.8) is 0 Å². The van der Waals surface area contributed by atoms with Crippen LogP contribution in [0.15, 0.2) is 72.8 Å². The van der Waals surface area contributed by atoms with E-state index in [1.54, 1.807) is 4.68 Å². The third-order valence-corrected chi connectivity index (χ3v) is 15.3. The second-order valence-electron chi connectivity index (χ2n) is 19.4. The number of aromatic nitrogens is 6. The lowest BCUT2D eigenvalue weighted by atomic mass is 9.90. The van der Waals surface area contributed by atoms with Gasteiger partial charge in [0.05, 0.1) is 34.8 Å². The smallest absolute Gasteiger partial charge is 0.311 e. The van der Waals surface area contributed by atoms with Gasteiger partial charge in [-0.2, -0.15) is 14.9 Å². The molecule has 6 aliphatic rings. The number of hydrogen-bond acceptors (Lipinski definition) is 15. The van der Waals surface area contributed by atoms with Crippen molar-refractivity contribution in [3.8, 4) is 0 Å². The normalized spacial score (nSPS) is 19.7. The van der Waals surface area contributed by atoms with Crippen molar-refractivity contribution < 1.29 is 19.5 Å². The largest absolute Gasteiger partial charge is 0.481 e. The molecule has 12 rings (SSSR count). The zero-order valence-electron chi connectivity index (χ0n) is 42.4. The van der Waals surface area contributed by atoms with Gasteiger partial charge in [-0.05, 0) is 93.0 Å². The Hall–Kier alpha value is -7.22. The number of nitrogens with one attached hydrogen (secondary N) is 4. The zero-order valence-corrected chi connectivity index (χ0v) is 42.4. The van der Waals surface area contributed by atoms with Crippen LogP contribution in [0.5, 0.6) is 0 Å². The Kier molecular flexibility index (Phi) is 15.8. The first-order chi connectivity index (χ1) is 35.5. The minimum Gasteiger partial charge on any atom is -0.481 e. The Morgan fingerprint density at radius 1 is 0.575 bits per heavy atom. The summed E-state index contributed by atoms with van der Waals surface area (Å²) in [7, 11) is 0. The summed E-state index contributed by atoms with van der Waals surface area (Å²) in [6.45, 7) is 17.4. The van der Waals surface area contributed by atoms with Crippen LogP contribution in [-0.2, 0) is 43.7 Å². The van der Waals surface area contributed by atoms with E-state index in [1.807, 2.05) is 72.8 Å². The van der Waals surface area contributed by atoms with Crippen molar-refractivity contribution in [2.24, 2.45) is 0 Å². The van der Waals surface area contributed by atoms with Crippen molar-refractivity contribution in [1.29, 1.82) is 0 Å². The highest BCUT2D eigenvalue weighted by Crippen LogP contribution is 2.36. The molecule has 6 aliphatic heterocycles. The monoisotopic (exact) mass is 994 g/mol. The number of H-pyrrole nitrogens is 1. The fourth-order valence-electron chi connectivity index (χ4n) is 11.0. The third kappa shape index (κ3) is 10.8. The van der Waals surface area contributed by atoms with Crippen LogP contribution in [0.3, 0.4) is 0 Å². The van der Waals surface area contributed by atoms with Gasteiger partial charge in [0.25, 0.3) is 11.8 Å². The van der Waals surface area contributed by atoms with Gasteiger partial charge < -0.3 is 38.3 Å². The van der Waals surface area contributed by atoms with E-state index in [-0.39, 0.29) is 29.6 Å². The molecule has 73 heavy (non-hydrogen) atoms. The van der Waals surface area contributed by atoms with E-state index < -0.39 is 5.97 Å². The first-order valence-electron chi connectivity index (χ1n) is 26.0. The van der Waals surface area contributed by atoms with E-state index in [2.05, 4.69) is 71.8 Å². The minimum atomic E-state index is -0.728. The van der Waals surface area contributed by atoms with Crippen LogP contribution in [0.1, 0.15) is 118 Å². The average molecular weight is 994 g/mol. The molecule has 0 spiro atoms. The SMILES string of the molecule is CCN1CCc2c(N)n[nH]c2C1.CCN1CCc2c(N)nn(C(=O)C3CCNc4ccccc43)c2C1.CCN1CCc2c(nn(C(=O)C3CCNc4ccccc43)c2N)C1.O=C(O)C1CCNc2ccccc21. The molecule has 11 N–H and O–H groups in total. The standard InChI is InChI=1S/2C18H23N5O.C10H11NO2.C8H14N4/c1-2-22-10-8-14-16(11-22)23(21-17(14)19)18(24)13-7-9-20-15-6-4-3-5-12(13)15;1-2-22-10-8-14-16(11-22)21-23(17(14)19)18(24)13-7-9-20-15-6-4-3-5-12(13)15;12-10(13)8-5-6-11-9-4-2-1-3-7(8)9;1-2-12-4-3-6-7(5-12)10-11-8(6)9/h3-6,13,20H,2,7-11H2,1H3,(H2,19,21);3-6,13,20H,2,7-11,19H2,1H3;1-4,8,11H,5-6H2,(H,12,13);2-5H2,1H3,(H3,9,10,11). The molecule has 19 heteroatoms. The minimum absolute atomic E-state index is 0.0149. The number of rotatable bonds is 6. The number of nitrogens with two attached hydrogens (primary N) is 3. The summed E-state index contributed by atoms with van der Waals surface area (Å²) in [5.41, 5.74) is 30.6. The first-order valence-corrected chi connectivity index (χ1v) is 26.0. The Balaban J connectivity index is 0.000000125. The summed E-state index contributed by atoms with van der Waals surface area (Å²) >= 11 is 0. The lowest BCUT2D eigenvalue weighted by Crippen LogP contribution is -2.34. The summed E-state index contributed by atoms with van der Waals surface area (Å²) in [6.07, 6.45) is 4.98. The average Bonchev–Trinajstić information content (AvgIpc) is 4.10. The quantitative estimate of drug-likeness (QED) is 0.0923. The zero-order chi connectivity index (χ0) is 51.2. The number of benzene rings is 3. The molecule has 3 unspecified atom stereocenters. The molecule has 386 valence electrons. The van der Waals surface area contributed by atoms with Gasteiger partial charge in [-0.25, -0.2) is 4.68 Å². The molecule has 6 aromatic rings. The van der Waals surface area contributed by atoms with Crippen molar-refractivity contribution in [1.82, 2.24) is 44.5 Å². The van der Waals surface area contributed by atoms with E-state index in [1.165, 1.54) is 15.9 Å². The van der Waals surface area contributed by atoms with Crippen LogP contribution < -0.4 is 33.2 Å². The maximum Gasteiger partial charge on any atom is 0.311 e. The van der Waals surface area contributed by atoms with E-state index in [4.69, 9.17) is 22.3 Å². The predicted molar refractivity (Wildman–Crippen MR) is 286 cm³/mol. The number of aromatic amines is 1. The molecule has 3 aromatic carbocycles. The lowest BCUT2D eigenvalue weighted by molar-refractivity contribution is -0.138. The van der Waals surface area contributed by atoms with E-state index in [0.29, 0.717) is 23.9 Å². The summed E-state index contributed by atoms with van der Waals surface area (Å²) in [4.78, 5) is 44.3. The topological polar surface area (TPSA) is 260 Å². The van der Waals surface area contributed by atoms with Gasteiger partial charge in [0, 0.05) is 92.7 Å². The van der Waals surface area contributed by atoms with Gasteiger partial charge in [0.15, 0.2) is 0 Å². The maximum atomic E-state index is 13.2. The Labute approximate surface area is 426 Å². The van der Waals surface area contributed by atoms with Gasteiger partial charge in [-0.1, -0.05) is 75.4 Å². The number of carboxylic acid groups (broad SMARTS) is 1. The van der Waals surface area contributed by atoms with E-state index in [0.717, 1.165) is 167 Å². The molecule has 0 amide bonds. The molecule has 0 fully saturated rings.